The second kappa shape index (κ2) is 8.01. The van der Waals surface area contributed by atoms with Crippen LogP contribution in [0.15, 0.2) is 0 Å². The van der Waals surface area contributed by atoms with E-state index in [1.165, 1.54) is 4.41 Å². The summed E-state index contributed by atoms with van der Waals surface area (Å²) in [4.78, 5) is 12.8. The summed E-state index contributed by atoms with van der Waals surface area (Å²) < 4.78 is 23.8. The zero-order valence-corrected chi connectivity index (χ0v) is 12.7. The molecule has 0 aromatic rings. The topological polar surface area (TPSA) is 113 Å². The molecule has 0 amide bonds. The fourth-order valence-electron chi connectivity index (χ4n) is 2.27. The van der Waals surface area contributed by atoms with Gasteiger partial charge in [-0.25, -0.2) is 5.01 Å². The van der Waals surface area contributed by atoms with Crippen molar-refractivity contribution in [1.29, 1.82) is 0 Å². The maximum Gasteiger partial charge on any atom is 0.320 e. The number of nitrogens with two attached hydrogens (primary N) is 1. The quantitative estimate of drug-likeness (QED) is 0.569. The van der Waals surface area contributed by atoms with E-state index in [2.05, 4.69) is 4.90 Å². The van der Waals surface area contributed by atoms with E-state index in [9.17, 15) is 13.6 Å². The number of aliphatic carboxylic acids is 1. The molecule has 0 aliphatic carbocycles. The molecule has 1 saturated heterocycles. The third-order valence-corrected chi connectivity index (χ3v) is 4.36. The zero-order chi connectivity index (χ0) is 15.3. The Morgan fingerprint density at radius 3 is 2.45 bits per heavy atom. The van der Waals surface area contributed by atoms with Crippen LogP contribution in [0.1, 0.15) is 19.3 Å². The molecule has 0 aromatic heterocycles. The minimum atomic E-state index is -2.41. The van der Waals surface area contributed by atoms with E-state index < -0.39 is 23.3 Å². The first-order chi connectivity index (χ1) is 9.32. The predicted octanol–water partition coefficient (Wildman–Crippen LogP) is -1.17. The summed E-state index contributed by atoms with van der Waals surface area (Å²) in [5.74, 6) is -1.12. The van der Waals surface area contributed by atoms with Gasteiger partial charge in [-0.3, -0.25) is 9.00 Å². The van der Waals surface area contributed by atoms with Crippen LogP contribution in [0.4, 0.5) is 0 Å². The highest BCUT2D eigenvalue weighted by atomic mass is 32.2. The van der Waals surface area contributed by atoms with Gasteiger partial charge >= 0.3 is 5.97 Å². The van der Waals surface area contributed by atoms with Gasteiger partial charge < -0.3 is 20.3 Å². The normalized spacial score (nSPS) is 21.3. The van der Waals surface area contributed by atoms with Crippen LogP contribution < -0.4 is 5.73 Å². The summed E-state index contributed by atoms with van der Waals surface area (Å²) in [6, 6.07) is -0.588. The van der Waals surface area contributed by atoms with Crippen molar-refractivity contribution in [3.63, 3.8) is 0 Å². The van der Waals surface area contributed by atoms with E-state index in [0.717, 1.165) is 12.8 Å². The molecule has 118 valence electrons. The number of piperidine rings is 1. The van der Waals surface area contributed by atoms with Crippen LogP contribution in [0.25, 0.3) is 0 Å². The lowest BCUT2D eigenvalue weighted by atomic mass is 10.1. The largest absolute Gasteiger partial charge is 0.759 e. The Balaban J connectivity index is 2.51. The van der Waals surface area contributed by atoms with Crippen molar-refractivity contribution in [2.24, 2.45) is 5.73 Å². The fraction of sp³-hybridized carbons (Fsp3) is 0.909. The van der Waals surface area contributed by atoms with Crippen molar-refractivity contribution < 1.29 is 18.7 Å². The molecule has 0 radical (unpaired) electrons. The van der Waals surface area contributed by atoms with Crippen molar-refractivity contribution >= 4 is 17.2 Å². The molecule has 8 nitrogen and oxygen atoms in total. The maximum atomic E-state index is 11.3. The first kappa shape index (κ1) is 17.5. The van der Waals surface area contributed by atoms with Gasteiger partial charge in [-0.1, -0.05) is 0 Å². The third kappa shape index (κ3) is 5.08. The zero-order valence-electron chi connectivity index (χ0n) is 11.9. The molecule has 1 rings (SSSR count). The number of hydrogen-bond acceptors (Lipinski definition) is 6. The van der Waals surface area contributed by atoms with Crippen molar-refractivity contribution in [1.82, 2.24) is 14.3 Å². The van der Waals surface area contributed by atoms with Gasteiger partial charge in [0.05, 0.1) is 0 Å². The number of carbonyl (C=O) groups is 1. The minimum Gasteiger partial charge on any atom is -0.759 e. The van der Waals surface area contributed by atoms with Gasteiger partial charge in [0.2, 0.25) is 0 Å². The summed E-state index contributed by atoms with van der Waals surface area (Å²) in [6.45, 7) is 1.37. The minimum absolute atomic E-state index is 0.0935. The predicted molar refractivity (Wildman–Crippen MR) is 74.1 cm³/mol. The lowest BCUT2D eigenvalue weighted by Gasteiger charge is -2.41. The smallest absolute Gasteiger partial charge is 0.320 e. The number of rotatable bonds is 7. The van der Waals surface area contributed by atoms with Crippen molar-refractivity contribution in [2.75, 3.05) is 33.7 Å². The monoisotopic (exact) mass is 307 g/mol. The molecular weight excluding hydrogens is 284 g/mol. The van der Waals surface area contributed by atoms with Crippen molar-refractivity contribution in [2.45, 2.75) is 31.3 Å². The molecule has 2 unspecified atom stereocenters. The highest BCUT2D eigenvalue weighted by Crippen LogP contribution is 2.17. The Hall–Kier alpha value is -0.580. The van der Waals surface area contributed by atoms with Crippen LogP contribution in [0.5, 0.6) is 0 Å². The lowest BCUT2D eigenvalue weighted by molar-refractivity contribution is -0.138. The fourth-order valence-corrected chi connectivity index (χ4v) is 2.88. The van der Waals surface area contributed by atoms with Crippen LogP contribution in [-0.4, -0.2) is 80.0 Å². The van der Waals surface area contributed by atoms with Crippen LogP contribution in [0, 0.1) is 0 Å². The van der Waals surface area contributed by atoms with Gasteiger partial charge in [0.1, 0.15) is 6.04 Å². The Labute approximate surface area is 121 Å². The van der Waals surface area contributed by atoms with Gasteiger partial charge in [-0.05, 0) is 33.4 Å². The van der Waals surface area contributed by atoms with E-state index in [-0.39, 0.29) is 13.0 Å². The molecule has 0 aromatic carbocycles. The van der Waals surface area contributed by atoms with E-state index in [0.29, 0.717) is 19.1 Å². The Kier molecular flexibility index (Phi) is 7.00. The molecule has 1 aliphatic rings. The Morgan fingerprint density at radius 2 is 2.05 bits per heavy atom. The summed E-state index contributed by atoms with van der Waals surface area (Å²) in [5, 5.41) is 10.5. The van der Waals surface area contributed by atoms with Crippen LogP contribution >= 0.6 is 0 Å². The van der Waals surface area contributed by atoms with Crippen LogP contribution in [0.2, 0.25) is 0 Å². The number of nitrogens with zero attached hydrogens (tertiary/aromatic N) is 3. The number of carboxylic acids is 1. The molecule has 0 spiro atoms. The molecule has 2 atom stereocenters. The highest BCUT2D eigenvalue weighted by molar-refractivity contribution is 7.76. The van der Waals surface area contributed by atoms with E-state index in [1.54, 1.807) is 5.01 Å². The SMILES string of the molecule is CN(C)C1CCN(N(CCC(N)C(=O)O)S(=O)[O-])CC1. The molecule has 9 heteroatoms. The standard InChI is InChI=1S/C11H24N4O4S/c1-13(2)9-3-6-14(7-4-9)15(20(18)19)8-5-10(12)11(16)17/h9-10H,3-8,12H2,1-2H3,(H,16,17)(H,18,19)/p-1. The first-order valence-corrected chi connectivity index (χ1v) is 7.62. The molecule has 0 saturated carbocycles. The number of hydrazine groups is 1. The second-order valence-corrected chi connectivity index (χ2v) is 6.03. The lowest BCUT2D eigenvalue weighted by Crippen LogP contribution is -2.51. The maximum absolute atomic E-state index is 11.3. The molecule has 1 heterocycles. The third-order valence-electron chi connectivity index (χ3n) is 3.61. The molecule has 1 aliphatic heterocycles. The van der Waals surface area contributed by atoms with Gasteiger partial charge in [-0.2, -0.15) is 4.41 Å². The van der Waals surface area contributed by atoms with Crippen molar-refractivity contribution in [3.05, 3.63) is 0 Å². The average molecular weight is 307 g/mol. The van der Waals surface area contributed by atoms with E-state index in [1.807, 2.05) is 14.1 Å². The number of carboxylic acid groups (broad SMARTS) is 1. The van der Waals surface area contributed by atoms with Crippen molar-refractivity contribution in [3.8, 4) is 0 Å². The Morgan fingerprint density at radius 1 is 1.50 bits per heavy atom. The molecule has 1 fully saturated rings. The summed E-state index contributed by atoms with van der Waals surface area (Å²) in [6.07, 6.45) is 1.86. The molecular formula is C11H23N4O4S-. The van der Waals surface area contributed by atoms with Crippen LogP contribution in [-0.2, 0) is 16.1 Å². The van der Waals surface area contributed by atoms with Gasteiger partial charge in [0, 0.05) is 36.9 Å². The summed E-state index contributed by atoms with van der Waals surface area (Å²) in [7, 11) is 4.02. The van der Waals surface area contributed by atoms with Crippen LogP contribution in [0.3, 0.4) is 0 Å². The summed E-state index contributed by atoms with van der Waals surface area (Å²) in [5.41, 5.74) is 5.40. The molecule has 20 heavy (non-hydrogen) atoms. The summed E-state index contributed by atoms with van der Waals surface area (Å²) >= 11 is -2.41. The van der Waals surface area contributed by atoms with Gasteiger partial charge in [-0.15, -0.1) is 0 Å². The van der Waals surface area contributed by atoms with Gasteiger partial charge in [0.15, 0.2) is 0 Å². The number of hydrogen-bond donors (Lipinski definition) is 2. The molecule has 3 N–H and O–H groups in total. The van der Waals surface area contributed by atoms with Gasteiger partial charge in [0.25, 0.3) is 0 Å². The average Bonchev–Trinajstić information content (AvgIpc) is 2.38. The molecule has 0 bridgehead atoms. The Bertz CT molecular complexity index is 347. The van der Waals surface area contributed by atoms with E-state index in [4.69, 9.17) is 10.8 Å². The first-order valence-electron chi connectivity index (χ1n) is 6.59. The van der Waals surface area contributed by atoms with E-state index >= 15 is 0 Å². The second-order valence-electron chi connectivity index (χ2n) is 5.17. The highest BCUT2D eigenvalue weighted by Gasteiger charge is 2.26.